The van der Waals surface area contributed by atoms with Crippen molar-refractivity contribution in [3.05, 3.63) is 71.1 Å². The number of rotatable bonds is 0. The normalized spacial score (nSPS) is 12.2. The van der Waals surface area contributed by atoms with Gasteiger partial charge in [0.05, 0.1) is 22.1 Å². The second-order valence-corrected chi connectivity index (χ2v) is 5.13. The summed E-state index contributed by atoms with van der Waals surface area (Å²) in [5, 5.41) is 2.21. The average molecular weight is 258 g/mol. The molecule has 0 saturated carbocycles. The number of nitrogens with zero attached hydrogens (tertiary/aromatic N) is 2. The molecule has 0 amide bonds. The molecule has 3 nitrogen and oxygen atoms in total. The fourth-order valence-corrected chi connectivity index (χ4v) is 3.20. The fourth-order valence-electron chi connectivity index (χ4n) is 3.20. The summed E-state index contributed by atoms with van der Waals surface area (Å²) in [6.45, 7) is 0. The SMILES string of the molecule is O=c1n2c3ccccc3cc2c2cc3ccccc3n12. The molecular formula is C17H10N2O. The van der Waals surface area contributed by atoms with Gasteiger partial charge >= 0.3 is 5.69 Å². The smallest absolute Gasteiger partial charge is 0.260 e. The number of benzene rings is 2. The van der Waals surface area contributed by atoms with Crippen molar-refractivity contribution in [2.75, 3.05) is 0 Å². The predicted molar refractivity (Wildman–Crippen MR) is 80.8 cm³/mol. The Balaban J connectivity index is 2.18. The van der Waals surface area contributed by atoms with Crippen LogP contribution in [0.2, 0.25) is 0 Å². The molecule has 0 aliphatic heterocycles. The summed E-state index contributed by atoms with van der Waals surface area (Å²) in [7, 11) is 0. The second kappa shape index (κ2) is 3.20. The van der Waals surface area contributed by atoms with Crippen LogP contribution in [0.4, 0.5) is 0 Å². The minimum atomic E-state index is 0.0115. The zero-order valence-electron chi connectivity index (χ0n) is 10.6. The van der Waals surface area contributed by atoms with Crippen LogP contribution in [0, 0.1) is 0 Å². The van der Waals surface area contributed by atoms with E-state index in [9.17, 15) is 4.79 Å². The third-order valence-electron chi connectivity index (χ3n) is 4.07. The molecule has 0 unspecified atom stereocenters. The minimum absolute atomic E-state index is 0.0115. The molecule has 20 heavy (non-hydrogen) atoms. The lowest BCUT2D eigenvalue weighted by atomic mass is 10.2. The number of para-hydroxylation sites is 2. The standard InChI is InChI=1S/C17H10N2O/c20-17-18-13-7-3-1-5-11(13)9-15(18)16-10-12-6-2-4-8-14(12)19(16)17/h1-10H. The van der Waals surface area contributed by atoms with Gasteiger partial charge in [0.2, 0.25) is 0 Å². The van der Waals surface area contributed by atoms with Crippen molar-refractivity contribution in [3.8, 4) is 0 Å². The first-order valence-electron chi connectivity index (χ1n) is 6.61. The maximum Gasteiger partial charge on any atom is 0.338 e. The highest BCUT2D eigenvalue weighted by Gasteiger charge is 2.15. The lowest BCUT2D eigenvalue weighted by molar-refractivity contribution is 1.06. The molecule has 94 valence electrons. The molecule has 3 heterocycles. The van der Waals surface area contributed by atoms with Crippen molar-refractivity contribution in [2.45, 2.75) is 0 Å². The molecule has 0 bridgehead atoms. The maximum absolute atomic E-state index is 12.8. The summed E-state index contributed by atoms with van der Waals surface area (Å²) in [4.78, 5) is 12.8. The van der Waals surface area contributed by atoms with E-state index in [4.69, 9.17) is 0 Å². The van der Waals surface area contributed by atoms with Gasteiger partial charge in [0.15, 0.2) is 0 Å². The first-order valence-corrected chi connectivity index (χ1v) is 6.61. The predicted octanol–water partition coefficient (Wildman–Crippen LogP) is 3.30. The van der Waals surface area contributed by atoms with E-state index in [2.05, 4.69) is 12.1 Å². The van der Waals surface area contributed by atoms with Gasteiger partial charge in [-0.25, -0.2) is 4.79 Å². The number of hydrogen-bond donors (Lipinski definition) is 0. The van der Waals surface area contributed by atoms with E-state index < -0.39 is 0 Å². The molecule has 0 atom stereocenters. The molecule has 3 aromatic heterocycles. The molecule has 0 saturated heterocycles. The van der Waals surface area contributed by atoms with Crippen molar-refractivity contribution >= 4 is 32.8 Å². The Morgan fingerprint density at radius 1 is 0.600 bits per heavy atom. The Labute approximate surface area is 113 Å². The van der Waals surface area contributed by atoms with Gasteiger partial charge in [-0.05, 0) is 24.3 Å². The fraction of sp³-hybridized carbons (Fsp3) is 0. The highest BCUT2D eigenvalue weighted by atomic mass is 16.1. The van der Waals surface area contributed by atoms with Crippen molar-refractivity contribution < 1.29 is 0 Å². The third-order valence-corrected chi connectivity index (χ3v) is 4.07. The topological polar surface area (TPSA) is 25.9 Å². The number of imidazole rings is 1. The molecule has 0 N–H and O–H groups in total. The lowest BCUT2D eigenvalue weighted by Crippen LogP contribution is -2.13. The van der Waals surface area contributed by atoms with E-state index in [0.717, 1.165) is 32.8 Å². The molecule has 0 spiro atoms. The van der Waals surface area contributed by atoms with Crippen molar-refractivity contribution in [1.82, 2.24) is 8.80 Å². The summed E-state index contributed by atoms with van der Waals surface area (Å²) in [5.41, 5.74) is 3.91. The van der Waals surface area contributed by atoms with Crippen LogP contribution in [0.1, 0.15) is 0 Å². The van der Waals surface area contributed by atoms with Crippen molar-refractivity contribution in [2.24, 2.45) is 0 Å². The van der Waals surface area contributed by atoms with Crippen LogP contribution in [-0.4, -0.2) is 8.80 Å². The second-order valence-electron chi connectivity index (χ2n) is 5.13. The van der Waals surface area contributed by atoms with Gasteiger partial charge in [-0.1, -0.05) is 36.4 Å². The highest BCUT2D eigenvalue weighted by Crippen LogP contribution is 2.27. The van der Waals surface area contributed by atoms with Gasteiger partial charge in [0.1, 0.15) is 0 Å². The van der Waals surface area contributed by atoms with Crippen LogP contribution >= 0.6 is 0 Å². The van der Waals surface area contributed by atoms with Gasteiger partial charge in [-0.3, -0.25) is 8.80 Å². The number of hydrogen-bond acceptors (Lipinski definition) is 1. The maximum atomic E-state index is 12.8. The van der Waals surface area contributed by atoms with Crippen molar-refractivity contribution in [1.29, 1.82) is 0 Å². The Bertz CT molecular complexity index is 1070. The van der Waals surface area contributed by atoms with Crippen LogP contribution in [0.3, 0.4) is 0 Å². The Morgan fingerprint density at radius 2 is 1.05 bits per heavy atom. The summed E-state index contributed by atoms with van der Waals surface area (Å²) < 4.78 is 3.61. The molecule has 0 aliphatic carbocycles. The zero-order valence-corrected chi connectivity index (χ0v) is 10.6. The molecule has 0 aliphatic rings. The summed E-state index contributed by atoms with van der Waals surface area (Å²) in [6, 6.07) is 20.2. The van der Waals surface area contributed by atoms with Gasteiger partial charge in [-0.15, -0.1) is 0 Å². The zero-order chi connectivity index (χ0) is 13.3. The van der Waals surface area contributed by atoms with Gasteiger partial charge in [-0.2, -0.15) is 0 Å². The third kappa shape index (κ3) is 1.00. The van der Waals surface area contributed by atoms with Crippen molar-refractivity contribution in [3.63, 3.8) is 0 Å². The quantitative estimate of drug-likeness (QED) is 0.418. The molecule has 0 radical (unpaired) electrons. The Kier molecular flexibility index (Phi) is 1.60. The van der Waals surface area contributed by atoms with Crippen LogP contribution in [0.15, 0.2) is 65.5 Å². The first kappa shape index (κ1) is 10.0. The number of fused-ring (bicyclic) bond motifs is 7. The molecule has 5 rings (SSSR count). The molecule has 2 aromatic carbocycles. The lowest BCUT2D eigenvalue weighted by Gasteiger charge is -1.91. The molecular weight excluding hydrogens is 248 g/mol. The van der Waals surface area contributed by atoms with E-state index in [1.165, 1.54) is 0 Å². The van der Waals surface area contributed by atoms with Crippen LogP contribution in [-0.2, 0) is 0 Å². The molecule has 3 heteroatoms. The monoisotopic (exact) mass is 258 g/mol. The number of aromatic nitrogens is 2. The van der Waals surface area contributed by atoms with Gasteiger partial charge < -0.3 is 0 Å². The minimum Gasteiger partial charge on any atom is -0.260 e. The summed E-state index contributed by atoms with van der Waals surface area (Å²) >= 11 is 0. The van der Waals surface area contributed by atoms with Crippen LogP contribution < -0.4 is 5.69 Å². The van der Waals surface area contributed by atoms with E-state index in [0.29, 0.717) is 0 Å². The average Bonchev–Trinajstić information content (AvgIpc) is 3.10. The van der Waals surface area contributed by atoms with E-state index in [-0.39, 0.29) is 5.69 Å². The molecule has 5 aromatic rings. The van der Waals surface area contributed by atoms with E-state index >= 15 is 0 Å². The Morgan fingerprint density at radius 3 is 1.55 bits per heavy atom. The van der Waals surface area contributed by atoms with E-state index in [1.54, 1.807) is 8.80 Å². The summed E-state index contributed by atoms with van der Waals surface area (Å²) in [6.07, 6.45) is 0. The van der Waals surface area contributed by atoms with Crippen LogP contribution in [0.25, 0.3) is 32.8 Å². The Hall–Kier alpha value is -2.81. The van der Waals surface area contributed by atoms with Gasteiger partial charge in [0.25, 0.3) is 0 Å². The van der Waals surface area contributed by atoms with Crippen LogP contribution in [0.5, 0.6) is 0 Å². The first-order chi connectivity index (χ1) is 9.84. The van der Waals surface area contributed by atoms with E-state index in [1.807, 2.05) is 48.5 Å². The summed E-state index contributed by atoms with van der Waals surface area (Å²) in [5.74, 6) is 0. The van der Waals surface area contributed by atoms with Gasteiger partial charge in [0, 0.05) is 10.8 Å². The molecule has 0 fully saturated rings. The highest BCUT2D eigenvalue weighted by molar-refractivity contribution is 5.99. The largest absolute Gasteiger partial charge is 0.338 e.